The molecule has 22 heavy (non-hydrogen) atoms. The number of carbonyl (C=O) groups is 1. The highest BCUT2D eigenvalue weighted by Gasteiger charge is 2.06. The van der Waals surface area contributed by atoms with Gasteiger partial charge in [0.05, 0.1) is 10.7 Å². The van der Waals surface area contributed by atoms with E-state index in [2.05, 4.69) is 10.6 Å². The highest BCUT2D eigenvalue weighted by atomic mass is 35.5. The van der Waals surface area contributed by atoms with Crippen molar-refractivity contribution < 1.29 is 9.18 Å². The van der Waals surface area contributed by atoms with E-state index in [1.54, 1.807) is 24.3 Å². The summed E-state index contributed by atoms with van der Waals surface area (Å²) in [5, 5.41) is 6.47. The highest BCUT2D eigenvalue weighted by molar-refractivity contribution is 6.33. The van der Waals surface area contributed by atoms with Crippen LogP contribution in [0.2, 0.25) is 5.02 Å². The van der Waals surface area contributed by atoms with E-state index in [1.165, 1.54) is 12.1 Å². The van der Waals surface area contributed by atoms with Gasteiger partial charge >= 0.3 is 0 Å². The zero-order chi connectivity index (χ0) is 15.9. The van der Waals surface area contributed by atoms with E-state index in [4.69, 9.17) is 11.6 Å². The molecule has 2 aromatic rings. The van der Waals surface area contributed by atoms with Gasteiger partial charge in [-0.3, -0.25) is 4.79 Å². The average Bonchev–Trinajstić information content (AvgIpc) is 2.49. The molecule has 1 amide bonds. The largest absolute Gasteiger partial charge is 0.381 e. The number of benzene rings is 2. The molecular formula is C17H18ClFN2O. The lowest BCUT2D eigenvalue weighted by Gasteiger charge is -2.10. The summed E-state index contributed by atoms with van der Waals surface area (Å²) in [4.78, 5) is 11.6. The summed E-state index contributed by atoms with van der Waals surface area (Å²) in [5.41, 5.74) is 2.42. The molecule has 0 atom stereocenters. The lowest BCUT2D eigenvalue weighted by molar-refractivity contribution is -0.116. The highest BCUT2D eigenvalue weighted by Crippen LogP contribution is 2.24. The van der Waals surface area contributed by atoms with Crippen LogP contribution in [0.4, 0.5) is 15.8 Å². The normalized spacial score (nSPS) is 10.3. The van der Waals surface area contributed by atoms with E-state index < -0.39 is 0 Å². The number of halogens is 2. The zero-order valence-electron chi connectivity index (χ0n) is 12.3. The number of hydrogen-bond acceptors (Lipinski definition) is 2. The Labute approximate surface area is 134 Å². The van der Waals surface area contributed by atoms with Crippen molar-refractivity contribution in [1.82, 2.24) is 0 Å². The Morgan fingerprint density at radius 1 is 1.18 bits per heavy atom. The predicted molar refractivity (Wildman–Crippen MR) is 88.7 cm³/mol. The third-order valence-corrected chi connectivity index (χ3v) is 3.44. The predicted octanol–water partition coefficient (Wildman–Crippen LogP) is 4.83. The van der Waals surface area contributed by atoms with E-state index in [-0.39, 0.29) is 11.7 Å². The first kappa shape index (κ1) is 16.3. The van der Waals surface area contributed by atoms with Gasteiger partial charge in [-0.15, -0.1) is 0 Å². The third kappa shape index (κ3) is 4.74. The molecule has 2 N–H and O–H groups in total. The third-order valence-electron chi connectivity index (χ3n) is 3.13. The molecule has 0 aromatic heterocycles. The Bertz CT molecular complexity index is 644. The maximum atomic E-state index is 12.8. The van der Waals surface area contributed by atoms with E-state index >= 15 is 0 Å². The lowest BCUT2D eigenvalue weighted by atomic mass is 10.2. The van der Waals surface area contributed by atoms with Crippen LogP contribution in [-0.2, 0) is 11.3 Å². The fraction of sp³-hybridized carbons (Fsp3) is 0.235. The molecule has 0 aliphatic carbocycles. The Morgan fingerprint density at radius 3 is 2.55 bits per heavy atom. The van der Waals surface area contributed by atoms with Crippen LogP contribution >= 0.6 is 11.6 Å². The van der Waals surface area contributed by atoms with Crippen LogP contribution in [0.5, 0.6) is 0 Å². The molecule has 0 radical (unpaired) electrons. The molecule has 3 nitrogen and oxygen atoms in total. The van der Waals surface area contributed by atoms with Crippen LogP contribution in [0, 0.1) is 5.82 Å². The number of carbonyl (C=O) groups excluding carboxylic acids is 1. The second-order valence-electron chi connectivity index (χ2n) is 4.97. The van der Waals surface area contributed by atoms with Crippen LogP contribution in [0.3, 0.4) is 0 Å². The number of anilines is 2. The maximum Gasteiger partial charge on any atom is 0.224 e. The first-order valence-electron chi connectivity index (χ1n) is 7.16. The molecule has 0 saturated carbocycles. The summed E-state index contributed by atoms with van der Waals surface area (Å²) in [6.07, 6.45) is 1.27. The molecule has 0 saturated heterocycles. The molecule has 0 spiro atoms. The van der Waals surface area contributed by atoms with Crippen molar-refractivity contribution in [2.24, 2.45) is 0 Å². The molecular weight excluding hydrogens is 303 g/mol. The van der Waals surface area contributed by atoms with Crippen molar-refractivity contribution in [1.29, 1.82) is 0 Å². The molecule has 0 bridgehead atoms. The van der Waals surface area contributed by atoms with Crippen LogP contribution < -0.4 is 10.6 Å². The second kappa shape index (κ2) is 7.80. The van der Waals surface area contributed by atoms with Gasteiger partial charge in [-0.05, 0) is 48.4 Å². The molecule has 0 fully saturated rings. The summed E-state index contributed by atoms with van der Waals surface area (Å²) in [7, 11) is 0. The molecule has 5 heteroatoms. The minimum atomic E-state index is -0.263. The first-order chi connectivity index (χ1) is 10.6. The minimum absolute atomic E-state index is 0.0402. The fourth-order valence-electron chi connectivity index (χ4n) is 1.98. The quantitative estimate of drug-likeness (QED) is 0.800. The topological polar surface area (TPSA) is 41.1 Å². The van der Waals surface area contributed by atoms with Gasteiger partial charge in [0.1, 0.15) is 5.82 Å². The van der Waals surface area contributed by atoms with Crippen LogP contribution in [-0.4, -0.2) is 5.91 Å². The lowest BCUT2D eigenvalue weighted by Crippen LogP contribution is -2.11. The first-order valence-corrected chi connectivity index (χ1v) is 7.54. The number of amides is 1. The van der Waals surface area contributed by atoms with Gasteiger partial charge < -0.3 is 10.6 Å². The van der Waals surface area contributed by atoms with Crippen molar-refractivity contribution in [2.45, 2.75) is 26.3 Å². The molecule has 2 rings (SSSR count). The summed E-state index contributed by atoms with van der Waals surface area (Å²) >= 11 is 6.18. The minimum Gasteiger partial charge on any atom is -0.381 e. The van der Waals surface area contributed by atoms with Crippen LogP contribution in [0.15, 0.2) is 42.5 Å². The molecule has 0 aliphatic heterocycles. The van der Waals surface area contributed by atoms with Crippen molar-refractivity contribution in [2.75, 3.05) is 10.6 Å². The fourth-order valence-corrected chi connectivity index (χ4v) is 2.23. The molecule has 0 unspecified atom stereocenters. The second-order valence-corrected chi connectivity index (χ2v) is 5.38. The Kier molecular flexibility index (Phi) is 5.78. The van der Waals surface area contributed by atoms with Gasteiger partial charge in [-0.25, -0.2) is 4.39 Å². The van der Waals surface area contributed by atoms with E-state index in [0.29, 0.717) is 23.7 Å². The van der Waals surface area contributed by atoms with Gasteiger partial charge in [0.2, 0.25) is 5.91 Å². The van der Waals surface area contributed by atoms with Crippen LogP contribution in [0.25, 0.3) is 0 Å². The van der Waals surface area contributed by atoms with E-state index in [1.807, 2.05) is 13.0 Å². The van der Waals surface area contributed by atoms with Gasteiger partial charge in [-0.2, -0.15) is 0 Å². The zero-order valence-corrected chi connectivity index (χ0v) is 13.1. The van der Waals surface area contributed by atoms with Gasteiger partial charge in [0.15, 0.2) is 0 Å². The summed E-state index contributed by atoms with van der Waals surface area (Å²) in [6.45, 7) is 2.51. The van der Waals surface area contributed by atoms with Gasteiger partial charge in [-0.1, -0.05) is 24.6 Å². The summed E-state index contributed by atoms with van der Waals surface area (Å²) < 4.78 is 12.8. The monoisotopic (exact) mass is 320 g/mol. The number of nitrogens with one attached hydrogen (secondary N) is 2. The molecule has 0 heterocycles. The number of rotatable bonds is 6. The average molecular weight is 321 g/mol. The Morgan fingerprint density at radius 2 is 1.91 bits per heavy atom. The SMILES string of the molecule is CCCC(=O)Nc1ccc(CNc2ccc(F)cc2)cc1Cl. The smallest absolute Gasteiger partial charge is 0.224 e. The number of hydrogen-bond donors (Lipinski definition) is 2. The van der Waals surface area contributed by atoms with Gasteiger partial charge in [0.25, 0.3) is 0 Å². The Balaban J connectivity index is 1.97. The van der Waals surface area contributed by atoms with Crippen molar-refractivity contribution in [3.05, 3.63) is 58.9 Å². The van der Waals surface area contributed by atoms with E-state index in [9.17, 15) is 9.18 Å². The molecule has 0 aliphatic rings. The summed E-state index contributed by atoms with van der Waals surface area (Å²) in [6, 6.07) is 11.6. The van der Waals surface area contributed by atoms with E-state index in [0.717, 1.165) is 17.7 Å². The molecule has 116 valence electrons. The molecule has 2 aromatic carbocycles. The van der Waals surface area contributed by atoms with Crippen molar-refractivity contribution in [3.63, 3.8) is 0 Å². The van der Waals surface area contributed by atoms with Crippen molar-refractivity contribution >= 4 is 28.9 Å². The summed E-state index contributed by atoms with van der Waals surface area (Å²) in [5.74, 6) is -0.303. The Hall–Kier alpha value is -2.07. The standard InChI is InChI=1S/C17H18ClFN2O/c1-2-3-17(22)21-16-9-4-12(10-15(16)18)11-20-14-7-5-13(19)6-8-14/h4-10,20H,2-3,11H2,1H3,(H,21,22). The van der Waals surface area contributed by atoms with Crippen LogP contribution in [0.1, 0.15) is 25.3 Å². The van der Waals surface area contributed by atoms with Gasteiger partial charge in [0, 0.05) is 18.7 Å². The maximum absolute atomic E-state index is 12.8. The van der Waals surface area contributed by atoms with Crippen molar-refractivity contribution in [3.8, 4) is 0 Å².